The Bertz CT molecular complexity index is 758. The topological polar surface area (TPSA) is 70.7 Å². The van der Waals surface area contributed by atoms with E-state index in [0.717, 1.165) is 11.3 Å². The molecule has 0 bridgehead atoms. The van der Waals surface area contributed by atoms with Gasteiger partial charge in [-0.3, -0.25) is 9.69 Å². The van der Waals surface area contributed by atoms with Crippen molar-refractivity contribution in [3.05, 3.63) is 54.1 Å². The number of urea groups is 1. The van der Waals surface area contributed by atoms with Crippen LogP contribution in [0.15, 0.2) is 48.5 Å². The highest BCUT2D eigenvalue weighted by Crippen LogP contribution is 2.32. The Labute approximate surface area is 140 Å². The summed E-state index contributed by atoms with van der Waals surface area (Å²) >= 11 is 0. The molecule has 6 nitrogen and oxygen atoms in total. The van der Waals surface area contributed by atoms with Crippen molar-refractivity contribution in [2.45, 2.75) is 12.5 Å². The minimum absolute atomic E-state index is 0.184. The average molecular weight is 325 g/mol. The summed E-state index contributed by atoms with van der Waals surface area (Å²) in [4.78, 5) is 26.5. The molecular weight excluding hydrogens is 306 g/mol. The number of anilines is 2. The van der Waals surface area contributed by atoms with E-state index in [-0.39, 0.29) is 11.9 Å². The van der Waals surface area contributed by atoms with Gasteiger partial charge in [0.1, 0.15) is 11.8 Å². The Balaban J connectivity index is 1.85. The van der Waals surface area contributed by atoms with Gasteiger partial charge in [0, 0.05) is 24.8 Å². The molecule has 0 saturated carbocycles. The van der Waals surface area contributed by atoms with Gasteiger partial charge in [-0.2, -0.15) is 0 Å². The van der Waals surface area contributed by atoms with Crippen molar-refractivity contribution in [2.75, 3.05) is 24.4 Å². The van der Waals surface area contributed by atoms with Crippen molar-refractivity contribution in [3.63, 3.8) is 0 Å². The van der Waals surface area contributed by atoms with Gasteiger partial charge in [-0.05, 0) is 35.9 Å². The molecule has 0 spiro atoms. The highest BCUT2D eigenvalue weighted by molar-refractivity contribution is 6.08. The number of amides is 3. The zero-order valence-electron chi connectivity index (χ0n) is 13.6. The number of ether oxygens (including phenoxy) is 1. The van der Waals surface area contributed by atoms with Gasteiger partial charge in [0.25, 0.3) is 0 Å². The number of nitrogens with zero attached hydrogens (tertiary/aromatic N) is 1. The summed E-state index contributed by atoms with van der Waals surface area (Å²) in [6.07, 6.45) is 0.506. The van der Waals surface area contributed by atoms with Crippen molar-refractivity contribution in [1.29, 1.82) is 0 Å². The van der Waals surface area contributed by atoms with E-state index in [1.807, 2.05) is 24.3 Å². The minimum atomic E-state index is -0.550. The zero-order valence-corrected chi connectivity index (χ0v) is 13.6. The lowest BCUT2D eigenvalue weighted by atomic mass is 10.1. The number of nitrogens with one attached hydrogen (secondary N) is 2. The average Bonchev–Trinajstić information content (AvgIpc) is 3.01. The van der Waals surface area contributed by atoms with Crippen molar-refractivity contribution in [2.24, 2.45) is 0 Å². The predicted molar refractivity (Wildman–Crippen MR) is 92.5 cm³/mol. The lowest BCUT2D eigenvalue weighted by molar-refractivity contribution is -0.121. The molecule has 124 valence electrons. The monoisotopic (exact) mass is 325 g/mol. The van der Waals surface area contributed by atoms with Gasteiger partial charge < -0.3 is 15.4 Å². The fraction of sp³-hybridized carbons (Fsp3) is 0.222. The van der Waals surface area contributed by atoms with Gasteiger partial charge in [0.2, 0.25) is 5.91 Å². The van der Waals surface area contributed by atoms with E-state index in [1.54, 1.807) is 38.4 Å². The molecule has 0 saturated heterocycles. The second-order valence-corrected chi connectivity index (χ2v) is 5.49. The molecule has 0 aliphatic carbocycles. The first-order valence-corrected chi connectivity index (χ1v) is 7.68. The molecule has 1 atom stereocenters. The number of likely N-dealkylation sites (N-methyl/N-ethyl adjacent to an activating group) is 1. The molecule has 0 aromatic heterocycles. The van der Waals surface area contributed by atoms with Gasteiger partial charge >= 0.3 is 6.03 Å². The van der Waals surface area contributed by atoms with Gasteiger partial charge in [-0.25, -0.2) is 4.79 Å². The quantitative estimate of drug-likeness (QED) is 0.910. The second kappa shape index (κ2) is 6.62. The first kappa shape index (κ1) is 15.9. The number of methoxy groups -OCH3 is 1. The summed E-state index contributed by atoms with van der Waals surface area (Å²) in [5.74, 6) is 0.527. The van der Waals surface area contributed by atoms with Gasteiger partial charge in [0.05, 0.1) is 7.11 Å². The van der Waals surface area contributed by atoms with Crippen molar-refractivity contribution < 1.29 is 14.3 Å². The molecule has 3 amide bonds. The Morgan fingerprint density at radius 2 is 1.83 bits per heavy atom. The van der Waals surface area contributed by atoms with Gasteiger partial charge in [0.15, 0.2) is 0 Å². The maximum atomic E-state index is 12.8. The third-order valence-electron chi connectivity index (χ3n) is 4.09. The number of fused-ring (bicyclic) bond motifs is 1. The molecule has 24 heavy (non-hydrogen) atoms. The Hall–Kier alpha value is -3.02. The first-order valence-electron chi connectivity index (χ1n) is 7.68. The number of hydrogen-bond donors (Lipinski definition) is 2. The minimum Gasteiger partial charge on any atom is -0.497 e. The lowest BCUT2D eigenvalue weighted by Crippen LogP contribution is -2.48. The number of para-hydroxylation sites is 1. The van der Waals surface area contributed by atoms with Crippen LogP contribution >= 0.6 is 0 Å². The summed E-state index contributed by atoms with van der Waals surface area (Å²) in [6, 6.07) is 13.7. The molecule has 1 aliphatic rings. The Morgan fingerprint density at radius 1 is 1.12 bits per heavy atom. The van der Waals surface area contributed by atoms with E-state index in [1.165, 1.54) is 4.90 Å². The highest BCUT2D eigenvalue weighted by Gasteiger charge is 2.37. The number of benzene rings is 2. The number of carbonyl (C=O) groups excluding carboxylic acids is 2. The van der Waals surface area contributed by atoms with Crippen LogP contribution in [0.25, 0.3) is 0 Å². The summed E-state index contributed by atoms with van der Waals surface area (Å²) in [7, 11) is 3.16. The van der Waals surface area contributed by atoms with Crippen molar-refractivity contribution in [1.82, 2.24) is 5.32 Å². The molecule has 2 N–H and O–H groups in total. The van der Waals surface area contributed by atoms with Crippen LogP contribution < -0.4 is 20.3 Å². The van der Waals surface area contributed by atoms with E-state index in [0.29, 0.717) is 17.9 Å². The molecule has 6 heteroatoms. The Kier molecular flexibility index (Phi) is 4.37. The molecule has 2 aromatic rings. The van der Waals surface area contributed by atoms with Crippen LogP contribution in [0.5, 0.6) is 5.75 Å². The molecule has 1 heterocycles. The maximum Gasteiger partial charge on any atom is 0.327 e. The van der Waals surface area contributed by atoms with E-state index in [4.69, 9.17) is 4.74 Å². The second-order valence-electron chi connectivity index (χ2n) is 5.49. The molecule has 0 radical (unpaired) electrons. The molecule has 2 aromatic carbocycles. The SMILES string of the molecule is CNC(=O)C1Cc2ccccc2N1C(=O)Nc1ccc(OC)cc1. The summed E-state index contributed by atoms with van der Waals surface area (Å²) in [5, 5.41) is 5.46. The van der Waals surface area contributed by atoms with Crippen LogP contribution in [0.3, 0.4) is 0 Å². The number of carbonyl (C=O) groups is 2. The van der Waals surface area contributed by atoms with Crippen LogP contribution in [-0.4, -0.2) is 32.1 Å². The molecule has 1 aliphatic heterocycles. The largest absolute Gasteiger partial charge is 0.497 e. The van der Waals surface area contributed by atoms with Crippen molar-refractivity contribution in [3.8, 4) is 5.75 Å². The molecule has 1 unspecified atom stereocenters. The molecule has 0 fully saturated rings. The first-order chi connectivity index (χ1) is 11.6. The lowest BCUT2D eigenvalue weighted by Gasteiger charge is -2.24. The van der Waals surface area contributed by atoms with Crippen LogP contribution in [-0.2, 0) is 11.2 Å². The van der Waals surface area contributed by atoms with Crippen LogP contribution in [0, 0.1) is 0 Å². The van der Waals surface area contributed by atoms with Crippen molar-refractivity contribution >= 4 is 23.3 Å². The molecular formula is C18H19N3O3. The maximum absolute atomic E-state index is 12.8. The zero-order chi connectivity index (χ0) is 17.1. The van der Waals surface area contributed by atoms with Crippen LogP contribution in [0.4, 0.5) is 16.2 Å². The third kappa shape index (κ3) is 2.90. The van der Waals surface area contributed by atoms with Gasteiger partial charge in [-0.1, -0.05) is 18.2 Å². The molecule has 3 rings (SSSR count). The number of hydrogen-bond acceptors (Lipinski definition) is 3. The van der Waals surface area contributed by atoms with Gasteiger partial charge in [-0.15, -0.1) is 0 Å². The fourth-order valence-corrected chi connectivity index (χ4v) is 2.87. The van der Waals surface area contributed by atoms with Crippen LogP contribution in [0.2, 0.25) is 0 Å². The summed E-state index contributed by atoms with van der Waals surface area (Å²) in [5.41, 5.74) is 2.38. The predicted octanol–water partition coefficient (Wildman–Crippen LogP) is 2.40. The van der Waals surface area contributed by atoms with E-state index >= 15 is 0 Å². The summed E-state index contributed by atoms with van der Waals surface area (Å²) < 4.78 is 5.11. The highest BCUT2D eigenvalue weighted by atomic mass is 16.5. The summed E-state index contributed by atoms with van der Waals surface area (Å²) in [6.45, 7) is 0. The third-order valence-corrected chi connectivity index (χ3v) is 4.09. The fourth-order valence-electron chi connectivity index (χ4n) is 2.87. The smallest absolute Gasteiger partial charge is 0.327 e. The Morgan fingerprint density at radius 3 is 2.50 bits per heavy atom. The normalized spacial score (nSPS) is 15.6. The van der Waals surface area contributed by atoms with E-state index in [2.05, 4.69) is 10.6 Å². The van der Waals surface area contributed by atoms with E-state index in [9.17, 15) is 9.59 Å². The van der Waals surface area contributed by atoms with Crippen LogP contribution in [0.1, 0.15) is 5.56 Å². The standard InChI is InChI=1S/C18H19N3O3/c1-19-17(22)16-11-12-5-3-4-6-15(12)21(16)18(23)20-13-7-9-14(24-2)10-8-13/h3-10,16H,11H2,1-2H3,(H,19,22)(H,20,23). The van der Waals surface area contributed by atoms with E-state index < -0.39 is 6.04 Å². The number of rotatable bonds is 3.